The van der Waals surface area contributed by atoms with E-state index in [1.54, 1.807) is 4.52 Å². The van der Waals surface area contributed by atoms with Crippen LogP contribution in [-0.2, 0) is 6.54 Å². The average Bonchev–Trinajstić information content (AvgIpc) is 2.46. The van der Waals surface area contributed by atoms with Crippen LogP contribution in [0.1, 0.15) is 5.82 Å². The van der Waals surface area contributed by atoms with E-state index >= 15 is 0 Å². The van der Waals surface area contributed by atoms with Gasteiger partial charge < -0.3 is 5.73 Å². The number of aromatic nitrogens is 4. The van der Waals surface area contributed by atoms with Gasteiger partial charge in [0.1, 0.15) is 4.60 Å². The summed E-state index contributed by atoms with van der Waals surface area (Å²) in [6, 6.07) is 3.63. The zero-order chi connectivity index (χ0) is 8.55. The smallest absolute Gasteiger partial charge is 0.178 e. The minimum absolute atomic E-state index is 0.338. The molecule has 2 aromatic rings. The van der Waals surface area contributed by atoms with Crippen molar-refractivity contribution in [1.29, 1.82) is 0 Å². The molecular formula is C6H6BrN5. The molecule has 2 N–H and O–H groups in total. The SMILES string of the molecule is NCc1nnc2ccc(Br)nn12. The Bertz CT molecular complexity index is 409. The molecule has 0 bridgehead atoms. The number of fused-ring (bicyclic) bond motifs is 1. The lowest BCUT2D eigenvalue weighted by molar-refractivity contribution is 0.800. The zero-order valence-electron chi connectivity index (χ0n) is 6.11. The van der Waals surface area contributed by atoms with Gasteiger partial charge in [-0.3, -0.25) is 0 Å². The van der Waals surface area contributed by atoms with Gasteiger partial charge in [0.05, 0.1) is 6.54 Å². The van der Waals surface area contributed by atoms with Crippen LogP contribution < -0.4 is 5.73 Å². The summed E-state index contributed by atoms with van der Waals surface area (Å²) in [6.07, 6.45) is 0. The predicted molar refractivity (Wildman–Crippen MR) is 46.4 cm³/mol. The number of rotatable bonds is 1. The molecule has 12 heavy (non-hydrogen) atoms. The zero-order valence-corrected chi connectivity index (χ0v) is 7.69. The Morgan fingerprint density at radius 3 is 3.00 bits per heavy atom. The fraction of sp³-hybridized carbons (Fsp3) is 0.167. The largest absolute Gasteiger partial charge is 0.324 e. The van der Waals surface area contributed by atoms with Crippen LogP contribution >= 0.6 is 15.9 Å². The number of nitrogens with two attached hydrogens (primary N) is 1. The van der Waals surface area contributed by atoms with Gasteiger partial charge in [-0.2, -0.15) is 9.61 Å². The van der Waals surface area contributed by atoms with E-state index in [1.807, 2.05) is 12.1 Å². The number of nitrogens with zero attached hydrogens (tertiary/aromatic N) is 4. The van der Waals surface area contributed by atoms with E-state index in [4.69, 9.17) is 5.73 Å². The molecule has 0 radical (unpaired) electrons. The Morgan fingerprint density at radius 2 is 2.25 bits per heavy atom. The maximum absolute atomic E-state index is 5.43. The lowest BCUT2D eigenvalue weighted by Crippen LogP contribution is -2.04. The molecular weight excluding hydrogens is 222 g/mol. The van der Waals surface area contributed by atoms with Crippen LogP contribution in [-0.4, -0.2) is 19.8 Å². The molecule has 6 heteroatoms. The van der Waals surface area contributed by atoms with Crippen molar-refractivity contribution in [3.05, 3.63) is 22.6 Å². The third-order valence-corrected chi connectivity index (χ3v) is 1.90. The second kappa shape index (κ2) is 2.80. The number of halogens is 1. The van der Waals surface area contributed by atoms with Gasteiger partial charge in [-0.1, -0.05) is 0 Å². The second-order valence-electron chi connectivity index (χ2n) is 2.25. The lowest BCUT2D eigenvalue weighted by atomic mass is 10.5. The van der Waals surface area contributed by atoms with Crippen molar-refractivity contribution in [2.75, 3.05) is 0 Å². The van der Waals surface area contributed by atoms with E-state index in [1.165, 1.54) is 0 Å². The van der Waals surface area contributed by atoms with Crippen molar-refractivity contribution >= 4 is 21.6 Å². The van der Waals surface area contributed by atoms with E-state index in [0.717, 1.165) is 4.60 Å². The van der Waals surface area contributed by atoms with Crippen molar-refractivity contribution in [3.8, 4) is 0 Å². The summed E-state index contributed by atoms with van der Waals surface area (Å²) in [5, 5.41) is 11.9. The van der Waals surface area contributed by atoms with Gasteiger partial charge >= 0.3 is 0 Å². The molecule has 2 aromatic heterocycles. The summed E-state index contributed by atoms with van der Waals surface area (Å²) in [4.78, 5) is 0. The van der Waals surface area contributed by atoms with Crippen molar-refractivity contribution in [1.82, 2.24) is 19.8 Å². The Kier molecular flexibility index (Phi) is 1.78. The van der Waals surface area contributed by atoms with Crippen molar-refractivity contribution in [2.45, 2.75) is 6.54 Å². The van der Waals surface area contributed by atoms with Crippen molar-refractivity contribution < 1.29 is 0 Å². The molecule has 0 fully saturated rings. The second-order valence-corrected chi connectivity index (χ2v) is 3.06. The van der Waals surface area contributed by atoms with Crippen LogP contribution in [0.25, 0.3) is 5.65 Å². The van der Waals surface area contributed by atoms with E-state index in [9.17, 15) is 0 Å². The molecule has 0 aliphatic carbocycles. The molecule has 0 amide bonds. The van der Waals surface area contributed by atoms with Crippen LogP contribution in [0, 0.1) is 0 Å². The average molecular weight is 228 g/mol. The van der Waals surface area contributed by atoms with Crippen LogP contribution in [0.3, 0.4) is 0 Å². The Hall–Kier alpha value is -1.01. The summed E-state index contributed by atoms with van der Waals surface area (Å²) in [5.41, 5.74) is 6.14. The molecule has 62 valence electrons. The normalized spacial score (nSPS) is 10.8. The first-order valence-electron chi connectivity index (χ1n) is 3.38. The first kappa shape index (κ1) is 7.63. The standard InChI is InChI=1S/C6H6BrN5/c7-4-1-2-5-9-10-6(3-8)12(5)11-4/h1-2H,3,8H2. The molecule has 2 heterocycles. The minimum Gasteiger partial charge on any atom is -0.324 e. The van der Waals surface area contributed by atoms with E-state index in [-0.39, 0.29) is 0 Å². The molecule has 0 atom stereocenters. The van der Waals surface area contributed by atoms with Gasteiger partial charge in [0.2, 0.25) is 0 Å². The van der Waals surface area contributed by atoms with Gasteiger partial charge in [0.15, 0.2) is 11.5 Å². The highest BCUT2D eigenvalue weighted by Gasteiger charge is 2.03. The lowest BCUT2D eigenvalue weighted by Gasteiger charge is -1.94. The van der Waals surface area contributed by atoms with Gasteiger partial charge in [-0.05, 0) is 28.1 Å². The Balaban J connectivity index is 2.75. The highest BCUT2D eigenvalue weighted by molar-refractivity contribution is 9.10. The summed E-state index contributed by atoms with van der Waals surface area (Å²) in [5.74, 6) is 0.659. The topological polar surface area (TPSA) is 69.1 Å². The maximum atomic E-state index is 5.43. The van der Waals surface area contributed by atoms with Crippen LogP contribution in [0.4, 0.5) is 0 Å². The first-order valence-corrected chi connectivity index (χ1v) is 4.17. The molecule has 0 aliphatic rings. The molecule has 0 saturated carbocycles. The molecule has 0 aromatic carbocycles. The van der Waals surface area contributed by atoms with Crippen molar-refractivity contribution in [2.24, 2.45) is 5.73 Å². The number of hydrogen-bond acceptors (Lipinski definition) is 4. The van der Waals surface area contributed by atoms with Crippen LogP contribution in [0.2, 0.25) is 0 Å². The van der Waals surface area contributed by atoms with Crippen molar-refractivity contribution in [3.63, 3.8) is 0 Å². The number of hydrogen-bond donors (Lipinski definition) is 1. The summed E-state index contributed by atoms with van der Waals surface area (Å²) in [7, 11) is 0. The molecule has 2 rings (SSSR count). The summed E-state index contributed by atoms with van der Waals surface area (Å²) >= 11 is 3.25. The monoisotopic (exact) mass is 227 g/mol. The van der Waals surface area contributed by atoms with Gasteiger partial charge in [-0.25, -0.2) is 0 Å². The predicted octanol–water partition coefficient (Wildman–Crippen LogP) is 0.345. The van der Waals surface area contributed by atoms with Crippen LogP contribution in [0.15, 0.2) is 16.7 Å². The Labute approximate surface area is 76.7 Å². The minimum atomic E-state index is 0.338. The summed E-state index contributed by atoms with van der Waals surface area (Å²) in [6.45, 7) is 0.338. The van der Waals surface area contributed by atoms with E-state index in [0.29, 0.717) is 18.0 Å². The molecule has 0 aliphatic heterocycles. The third kappa shape index (κ3) is 1.09. The quantitative estimate of drug-likeness (QED) is 0.764. The Morgan fingerprint density at radius 1 is 1.42 bits per heavy atom. The maximum Gasteiger partial charge on any atom is 0.178 e. The molecule has 0 spiro atoms. The highest BCUT2D eigenvalue weighted by atomic mass is 79.9. The van der Waals surface area contributed by atoms with Gasteiger partial charge in [-0.15, -0.1) is 10.2 Å². The molecule has 0 saturated heterocycles. The fourth-order valence-electron chi connectivity index (χ4n) is 0.938. The van der Waals surface area contributed by atoms with Gasteiger partial charge in [0.25, 0.3) is 0 Å². The highest BCUT2D eigenvalue weighted by Crippen LogP contribution is 2.07. The van der Waals surface area contributed by atoms with Gasteiger partial charge in [0, 0.05) is 0 Å². The first-order chi connectivity index (χ1) is 5.81. The van der Waals surface area contributed by atoms with E-state index in [2.05, 4.69) is 31.2 Å². The van der Waals surface area contributed by atoms with Crippen LogP contribution in [0.5, 0.6) is 0 Å². The fourth-order valence-corrected chi connectivity index (χ4v) is 1.23. The molecule has 5 nitrogen and oxygen atoms in total. The van der Waals surface area contributed by atoms with E-state index < -0.39 is 0 Å². The third-order valence-electron chi connectivity index (χ3n) is 1.48. The summed E-state index contributed by atoms with van der Waals surface area (Å²) < 4.78 is 2.36. The molecule has 0 unspecified atom stereocenters.